The molecule has 0 saturated heterocycles. The fraction of sp³-hybridized carbons (Fsp3) is 0.936. The highest BCUT2D eigenvalue weighted by Gasteiger charge is 2.60. The van der Waals surface area contributed by atoms with Crippen LogP contribution >= 0.6 is 0 Å². The van der Waals surface area contributed by atoms with E-state index >= 15 is 0 Å². The molecule has 0 amide bonds. The Balaban J connectivity index is 1.11. The Morgan fingerprint density at radius 3 is 2.02 bits per heavy atom. The van der Waals surface area contributed by atoms with Crippen molar-refractivity contribution < 1.29 is 9.53 Å². The number of esters is 1. The molecule has 10 atom stereocenters. The Labute approximate surface area is 306 Å². The molecule has 0 aromatic carbocycles. The number of rotatable bonds is 22. The SMILES string of the molecule is CCCCCCCC/C=C\CCCCCCCC(=O)O[C@H]1CC[C@@]2(C)[C@@H](CC[C@@H]3[C@@H]2CC[C@]2(C)[C@@H]([C@H](C)CC[C@@H](CC)C(C)C)CC[C@@H]32)C1. The lowest BCUT2D eigenvalue weighted by molar-refractivity contribution is -0.162. The Morgan fingerprint density at radius 1 is 0.714 bits per heavy atom. The van der Waals surface area contributed by atoms with Gasteiger partial charge in [-0.2, -0.15) is 0 Å². The molecule has 4 fully saturated rings. The maximum Gasteiger partial charge on any atom is 0.306 e. The number of hydrogen-bond acceptors (Lipinski definition) is 2. The monoisotopic (exact) mass is 681 g/mol. The standard InChI is InChI=1S/C47H84O2/c1-8-10-11-12-13-14-15-16-17-18-19-20-21-22-23-24-45(48)49-40-31-33-46(6)39(35-40)27-28-41-43-30-29-42(47(43,7)34-32-44(41)46)37(5)25-26-38(9-2)36(3)4/h16-17,36-44H,8-15,18-35H2,1-7H3/b17-16-/t37-,38-,39+,40+,41+,42-,43+,44+,46+,47-/m1/s1. The molecule has 4 rings (SSSR count). The average molecular weight is 681 g/mol. The number of carbonyl (C=O) groups excluding carboxylic acids is 1. The fourth-order valence-electron chi connectivity index (χ4n) is 12.6. The smallest absolute Gasteiger partial charge is 0.306 e. The molecule has 0 aromatic heterocycles. The number of allylic oxidation sites excluding steroid dienone is 2. The van der Waals surface area contributed by atoms with E-state index in [9.17, 15) is 4.79 Å². The van der Waals surface area contributed by atoms with E-state index in [4.69, 9.17) is 4.74 Å². The lowest BCUT2D eigenvalue weighted by atomic mass is 9.44. The molecular formula is C47H84O2. The van der Waals surface area contributed by atoms with E-state index in [1.165, 1.54) is 141 Å². The third-order valence-corrected chi connectivity index (χ3v) is 15.8. The lowest BCUT2D eigenvalue weighted by Gasteiger charge is -2.61. The van der Waals surface area contributed by atoms with Crippen molar-refractivity contribution in [1.29, 1.82) is 0 Å². The molecule has 284 valence electrons. The Kier molecular flexibility index (Phi) is 17.1. The second-order valence-corrected chi connectivity index (χ2v) is 19.1. The van der Waals surface area contributed by atoms with Crippen molar-refractivity contribution in [3.05, 3.63) is 12.2 Å². The number of unbranched alkanes of at least 4 members (excludes halogenated alkanes) is 11. The molecule has 0 heterocycles. The molecule has 0 N–H and O–H groups in total. The van der Waals surface area contributed by atoms with Crippen LogP contribution in [0.1, 0.15) is 215 Å². The van der Waals surface area contributed by atoms with Crippen molar-refractivity contribution >= 4 is 5.97 Å². The molecule has 2 heteroatoms. The van der Waals surface area contributed by atoms with Gasteiger partial charge in [-0.3, -0.25) is 4.79 Å². The number of hydrogen-bond donors (Lipinski definition) is 0. The van der Waals surface area contributed by atoms with E-state index < -0.39 is 0 Å². The summed E-state index contributed by atoms with van der Waals surface area (Å²) in [4.78, 5) is 12.9. The summed E-state index contributed by atoms with van der Waals surface area (Å²) < 4.78 is 6.18. The first-order chi connectivity index (χ1) is 23.6. The van der Waals surface area contributed by atoms with Gasteiger partial charge in [0, 0.05) is 6.42 Å². The lowest BCUT2D eigenvalue weighted by Crippen LogP contribution is -2.54. The first-order valence-corrected chi connectivity index (χ1v) is 22.5. The number of carbonyl (C=O) groups is 1. The van der Waals surface area contributed by atoms with E-state index in [2.05, 4.69) is 60.6 Å². The van der Waals surface area contributed by atoms with Crippen molar-refractivity contribution in [2.24, 2.45) is 58.2 Å². The zero-order valence-corrected chi connectivity index (χ0v) is 34.1. The second-order valence-electron chi connectivity index (χ2n) is 19.1. The zero-order valence-electron chi connectivity index (χ0n) is 34.1. The fourth-order valence-corrected chi connectivity index (χ4v) is 12.6. The van der Waals surface area contributed by atoms with Crippen molar-refractivity contribution in [2.45, 2.75) is 222 Å². The van der Waals surface area contributed by atoms with Crippen LogP contribution in [-0.2, 0) is 9.53 Å². The van der Waals surface area contributed by atoms with Gasteiger partial charge in [0.2, 0.25) is 0 Å². The predicted molar refractivity (Wildman–Crippen MR) is 212 cm³/mol. The van der Waals surface area contributed by atoms with Gasteiger partial charge in [0.05, 0.1) is 0 Å². The molecule has 49 heavy (non-hydrogen) atoms. The summed E-state index contributed by atoms with van der Waals surface area (Å²) >= 11 is 0. The van der Waals surface area contributed by atoms with Gasteiger partial charge in [-0.25, -0.2) is 0 Å². The summed E-state index contributed by atoms with van der Waals surface area (Å²) in [5.41, 5.74) is 1.03. The summed E-state index contributed by atoms with van der Waals surface area (Å²) in [6, 6.07) is 0. The van der Waals surface area contributed by atoms with Gasteiger partial charge in [-0.15, -0.1) is 0 Å². The molecular weight excluding hydrogens is 597 g/mol. The van der Waals surface area contributed by atoms with Crippen LogP contribution in [0, 0.1) is 58.2 Å². The van der Waals surface area contributed by atoms with Gasteiger partial charge in [0.15, 0.2) is 0 Å². The van der Waals surface area contributed by atoms with Crippen LogP contribution in [0.5, 0.6) is 0 Å². The molecule has 4 aliphatic carbocycles. The van der Waals surface area contributed by atoms with Crippen LogP contribution < -0.4 is 0 Å². The first kappa shape index (κ1) is 41.0. The van der Waals surface area contributed by atoms with Gasteiger partial charge >= 0.3 is 5.97 Å². The largest absolute Gasteiger partial charge is 0.462 e. The average Bonchev–Trinajstić information content (AvgIpc) is 3.44. The van der Waals surface area contributed by atoms with Crippen LogP contribution in [0.2, 0.25) is 0 Å². The molecule has 0 bridgehead atoms. The zero-order chi connectivity index (χ0) is 35.3. The molecule has 0 aliphatic heterocycles. The van der Waals surface area contributed by atoms with Gasteiger partial charge < -0.3 is 4.74 Å². The normalized spacial score (nSPS) is 34.0. The van der Waals surface area contributed by atoms with Crippen molar-refractivity contribution in [2.75, 3.05) is 0 Å². The molecule has 4 aliphatic rings. The number of fused-ring (bicyclic) bond motifs is 5. The van der Waals surface area contributed by atoms with Crippen LogP contribution in [0.4, 0.5) is 0 Å². The maximum atomic E-state index is 12.9. The minimum atomic E-state index is 0.0816. The summed E-state index contributed by atoms with van der Waals surface area (Å²) in [6.45, 7) is 17.6. The molecule has 0 aromatic rings. The van der Waals surface area contributed by atoms with E-state index in [0.717, 1.165) is 66.6 Å². The van der Waals surface area contributed by atoms with Crippen LogP contribution in [0.3, 0.4) is 0 Å². The van der Waals surface area contributed by atoms with Crippen molar-refractivity contribution in [3.8, 4) is 0 Å². The highest BCUT2D eigenvalue weighted by molar-refractivity contribution is 5.69. The maximum absolute atomic E-state index is 12.9. The third kappa shape index (κ3) is 11.1. The highest BCUT2D eigenvalue weighted by Crippen LogP contribution is 2.68. The van der Waals surface area contributed by atoms with Crippen LogP contribution in [0.25, 0.3) is 0 Å². The van der Waals surface area contributed by atoms with E-state index in [0.29, 0.717) is 17.3 Å². The van der Waals surface area contributed by atoms with Gasteiger partial charge in [-0.1, -0.05) is 125 Å². The van der Waals surface area contributed by atoms with Crippen molar-refractivity contribution in [1.82, 2.24) is 0 Å². The third-order valence-electron chi connectivity index (χ3n) is 15.8. The molecule has 2 nitrogen and oxygen atoms in total. The van der Waals surface area contributed by atoms with Crippen LogP contribution in [-0.4, -0.2) is 12.1 Å². The Hall–Kier alpha value is -0.790. The molecule has 0 unspecified atom stereocenters. The van der Waals surface area contributed by atoms with Gasteiger partial charge in [0.25, 0.3) is 0 Å². The predicted octanol–water partition coefficient (Wildman–Crippen LogP) is 14.7. The molecule has 4 saturated carbocycles. The first-order valence-electron chi connectivity index (χ1n) is 22.5. The Morgan fingerprint density at radius 2 is 1.35 bits per heavy atom. The van der Waals surface area contributed by atoms with E-state index in [1.54, 1.807) is 0 Å². The second kappa shape index (κ2) is 20.5. The molecule has 0 spiro atoms. The van der Waals surface area contributed by atoms with Gasteiger partial charge in [0.1, 0.15) is 6.10 Å². The minimum absolute atomic E-state index is 0.0816. The van der Waals surface area contributed by atoms with Crippen LogP contribution in [0.15, 0.2) is 12.2 Å². The Bertz CT molecular complexity index is 967. The summed E-state index contributed by atoms with van der Waals surface area (Å²) in [5, 5.41) is 0. The van der Waals surface area contributed by atoms with E-state index in [1.807, 2.05) is 0 Å². The minimum Gasteiger partial charge on any atom is -0.462 e. The molecule has 0 radical (unpaired) electrons. The summed E-state index contributed by atoms with van der Waals surface area (Å²) in [7, 11) is 0. The quantitative estimate of drug-likeness (QED) is 0.0646. The van der Waals surface area contributed by atoms with Gasteiger partial charge in [-0.05, 0) is 154 Å². The summed E-state index contributed by atoms with van der Waals surface area (Å²) in [6.07, 6.45) is 38.8. The topological polar surface area (TPSA) is 26.3 Å². The summed E-state index contributed by atoms with van der Waals surface area (Å²) in [5.74, 6) is 7.17. The number of ether oxygens (including phenoxy) is 1. The van der Waals surface area contributed by atoms with E-state index in [-0.39, 0.29) is 12.1 Å². The van der Waals surface area contributed by atoms with Crippen molar-refractivity contribution in [3.63, 3.8) is 0 Å². The highest BCUT2D eigenvalue weighted by atomic mass is 16.5.